The van der Waals surface area contributed by atoms with Gasteiger partial charge >= 0.3 is 6.18 Å². The minimum atomic E-state index is -4.86. The number of aromatic nitrogens is 4. The van der Waals surface area contributed by atoms with Crippen LogP contribution in [-0.2, 0) is 12.7 Å². The number of rotatable bonds is 6. The molecule has 3 aromatic carbocycles. The van der Waals surface area contributed by atoms with E-state index in [9.17, 15) is 31.1 Å². The molecule has 2 aromatic heterocycles. The van der Waals surface area contributed by atoms with Gasteiger partial charge in [-0.05, 0) is 37.1 Å². The van der Waals surface area contributed by atoms with Gasteiger partial charge in [0, 0.05) is 29.2 Å². The molecule has 6 rings (SSSR count). The third-order valence-corrected chi connectivity index (χ3v) is 6.40. The average molecular weight is 558 g/mol. The molecule has 7 nitrogen and oxygen atoms in total. The van der Waals surface area contributed by atoms with Gasteiger partial charge in [0.15, 0.2) is 0 Å². The van der Waals surface area contributed by atoms with Crippen LogP contribution in [0.25, 0.3) is 22.3 Å². The van der Waals surface area contributed by atoms with Gasteiger partial charge in [0.05, 0.1) is 23.8 Å². The van der Waals surface area contributed by atoms with Crippen LogP contribution < -0.4 is 10.3 Å². The molecule has 5 aromatic rings. The van der Waals surface area contributed by atoms with E-state index in [2.05, 4.69) is 15.1 Å². The van der Waals surface area contributed by atoms with Crippen LogP contribution in [-0.4, -0.2) is 19.7 Å². The molecular weight excluding hydrogens is 542 g/mol. The Balaban J connectivity index is 1.38. The number of benzene rings is 3. The van der Waals surface area contributed by atoms with Crippen LogP contribution >= 0.6 is 0 Å². The molecule has 0 spiro atoms. The van der Waals surface area contributed by atoms with Crippen LogP contribution in [0.15, 0.2) is 64.2 Å². The molecular formula is C27H16F6N4O3. The third-order valence-electron chi connectivity index (χ3n) is 6.40. The maximum atomic E-state index is 14.2. The maximum Gasteiger partial charge on any atom is 0.420 e. The highest BCUT2D eigenvalue weighted by Crippen LogP contribution is 2.45. The first-order valence-electron chi connectivity index (χ1n) is 11.9. The fourth-order valence-electron chi connectivity index (χ4n) is 4.34. The summed E-state index contributed by atoms with van der Waals surface area (Å²) >= 11 is 0. The van der Waals surface area contributed by atoms with E-state index in [4.69, 9.17) is 9.26 Å². The van der Waals surface area contributed by atoms with Crippen molar-refractivity contribution in [3.63, 3.8) is 0 Å². The predicted molar refractivity (Wildman–Crippen MR) is 128 cm³/mol. The first kappa shape index (κ1) is 25.6. The van der Waals surface area contributed by atoms with E-state index in [1.165, 1.54) is 34.9 Å². The summed E-state index contributed by atoms with van der Waals surface area (Å²) in [6, 6.07) is 8.51. The van der Waals surface area contributed by atoms with Crippen LogP contribution in [0.5, 0.6) is 11.5 Å². The van der Waals surface area contributed by atoms with E-state index < -0.39 is 52.6 Å². The van der Waals surface area contributed by atoms with Gasteiger partial charge in [0.2, 0.25) is 11.7 Å². The summed E-state index contributed by atoms with van der Waals surface area (Å²) in [7, 11) is 0. The van der Waals surface area contributed by atoms with Crippen molar-refractivity contribution in [2.45, 2.75) is 31.5 Å². The summed E-state index contributed by atoms with van der Waals surface area (Å²) in [6.07, 6.45) is -2.16. The standard InChI is InChI=1S/C27H16F6N4O3/c28-14-8-19(29)18(20(30)9-14)11-37-12-34-25(38)17-10-15(6-7-21(17)37)39-22-3-1-2-16(23(22)27(31,32)33)24-35-26(40-36-24)13-4-5-13/h1-3,6-10,12-13H,4-5,11H2. The molecule has 204 valence electrons. The average Bonchev–Trinajstić information content (AvgIpc) is 3.63. The first-order chi connectivity index (χ1) is 19.1. The molecule has 1 fully saturated rings. The summed E-state index contributed by atoms with van der Waals surface area (Å²) in [4.78, 5) is 20.3. The van der Waals surface area contributed by atoms with E-state index in [0.29, 0.717) is 12.1 Å². The van der Waals surface area contributed by atoms with Crippen molar-refractivity contribution in [1.29, 1.82) is 0 Å². The summed E-state index contributed by atoms with van der Waals surface area (Å²) in [5.41, 5.74) is -2.52. The second-order valence-corrected chi connectivity index (χ2v) is 9.21. The molecule has 0 radical (unpaired) electrons. The normalized spacial score (nSPS) is 13.7. The monoisotopic (exact) mass is 558 g/mol. The van der Waals surface area contributed by atoms with Gasteiger partial charge in [-0.2, -0.15) is 23.1 Å². The quantitative estimate of drug-likeness (QED) is 0.219. The smallest absolute Gasteiger partial charge is 0.420 e. The van der Waals surface area contributed by atoms with Crippen molar-refractivity contribution < 1.29 is 35.6 Å². The maximum absolute atomic E-state index is 14.2. The molecule has 1 aliphatic carbocycles. The number of ether oxygens (including phenoxy) is 1. The van der Waals surface area contributed by atoms with E-state index >= 15 is 0 Å². The van der Waals surface area contributed by atoms with Crippen molar-refractivity contribution >= 4 is 10.9 Å². The van der Waals surface area contributed by atoms with Crippen LogP contribution in [0.4, 0.5) is 26.3 Å². The lowest BCUT2D eigenvalue weighted by Crippen LogP contribution is -2.14. The Bertz CT molecular complexity index is 1800. The highest BCUT2D eigenvalue weighted by Gasteiger charge is 2.39. The molecule has 0 aliphatic heterocycles. The third kappa shape index (κ3) is 4.78. The molecule has 2 heterocycles. The Hall–Kier alpha value is -4.68. The molecule has 0 unspecified atom stereocenters. The molecule has 0 saturated heterocycles. The lowest BCUT2D eigenvalue weighted by atomic mass is 10.1. The highest BCUT2D eigenvalue weighted by molar-refractivity contribution is 5.80. The first-order valence-corrected chi connectivity index (χ1v) is 11.9. The van der Waals surface area contributed by atoms with E-state index in [1.807, 2.05) is 0 Å². The summed E-state index contributed by atoms with van der Waals surface area (Å²) in [5, 5.41) is 3.63. The van der Waals surface area contributed by atoms with Crippen molar-refractivity contribution in [3.05, 3.63) is 99.7 Å². The zero-order valence-electron chi connectivity index (χ0n) is 20.2. The topological polar surface area (TPSA) is 83.0 Å². The molecule has 0 bridgehead atoms. The van der Waals surface area contributed by atoms with Crippen LogP contribution in [0.2, 0.25) is 0 Å². The molecule has 13 heteroatoms. The predicted octanol–water partition coefficient (Wildman–Crippen LogP) is 6.60. The number of nitrogens with zero attached hydrogens (tertiary/aromatic N) is 4. The number of alkyl halides is 3. The Kier molecular flexibility index (Phi) is 6.08. The molecule has 1 aliphatic rings. The fourth-order valence-corrected chi connectivity index (χ4v) is 4.34. The van der Waals surface area contributed by atoms with Gasteiger partial charge in [0.25, 0.3) is 5.56 Å². The van der Waals surface area contributed by atoms with Gasteiger partial charge < -0.3 is 13.8 Å². The highest BCUT2D eigenvalue weighted by atomic mass is 19.4. The van der Waals surface area contributed by atoms with Gasteiger partial charge in [-0.25, -0.2) is 13.2 Å². The van der Waals surface area contributed by atoms with E-state index in [0.717, 1.165) is 25.2 Å². The second kappa shape index (κ2) is 9.50. The number of hydrogen-bond acceptors (Lipinski definition) is 6. The Morgan fingerprint density at radius 2 is 1.77 bits per heavy atom. The minimum Gasteiger partial charge on any atom is -0.457 e. The summed E-state index contributed by atoms with van der Waals surface area (Å²) < 4.78 is 96.4. The molecule has 0 amide bonds. The molecule has 40 heavy (non-hydrogen) atoms. The SMILES string of the molecule is O=c1ncn(Cc2c(F)cc(F)cc2F)c2ccc(Oc3cccc(-c4noc(C5CC5)n4)c3C(F)(F)F)cc12. The van der Waals surface area contributed by atoms with Crippen LogP contribution in [0.3, 0.4) is 0 Å². The van der Waals surface area contributed by atoms with Crippen molar-refractivity contribution in [2.24, 2.45) is 0 Å². The molecule has 1 saturated carbocycles. The Morgan fingerprint density at radius 3 is 2.48 bits per heavy atom. The van der Waals surface area contributed by atoms with Gasteiger partial charge in [-0.15, -0.1) is 0 Å². The second-order valence-electron chi connectivity index (χ2n) is 9.21. The summed E-state index contributed by atoms with van der Waals surface area (Å²) in [6.45, 7) is -0.435. The Labute approximate surface area is 220 Å². The lowest BCUT2D eigenvalue weighted by Gasteiger charge is -2.17. The van der Waals surface area contributed by atoms with E-state index in [-0.39, 0.29) is 39.8 Å². The van der Waals surface area contributed by atoms with Crippen LogP contribution in [0.1, 0.15) is 35.8 Å². The van der Waals surface area contributed by atoms with Crippen molar-refractivity contribution in [3.8, 4) is 22.9 Å². The number of hydrogen-bond donors (Lipinski definition) is 0. The number of halogens is 6. The zero-order valence-corrected chi connectivity index (χ0v) is 20.2. The fraction of sp³-hybridized carbons (Fsp3) is 0.185. The van der Waals surface area contributed by atoms with Crippen LogP contribution in [0, 0.1) is 17.5 Å². The van der Waals surface area contributed by atoms with Gasteiger partial charge in [-0.3, -0.25) is 4.79 Å². The van der Waals surface area contributed by atoms with Gasteiger partial charge in [-0.1, -0.05) is 17.3 Å². The number of fused-ring (bicyclic) bond motifs is 1. The molecule has 0 N–H and O–H groups in total. The van der Waals surface area contributed by atoms with Crippen molar-refractivity contribution in [1.82, 2.24) is 19.7 Å². The lowest BCUT2D eigenvalue weighted by molar-refractivity contribution is -0.138. The molecule has 0 atom stereocenters. The Morgan fingerprint density at radius 1 is 1.02 bits per heavy atom. The summed E-state index contributed by atoms with van der Waals surface area (Å²) in [5.74, 6) is -3.96. The minimum absolute atomic E-state index is 0.0429. The van der Waals surface area contributed by atoms with Crippen molar-refractivity contribution in [2.75, 3.05) is 0 Å². The van der Waals surface area contributed by atoms with E-state index in [1.54, 1.807) is 0 Å². The largest absolute Gasteiger partial charge is 0.457 e. The zero-order chi connectivity index (χ0) is 28.2. The van der Waals surface area contributed by atoms with Gasteiger partial charge in [0.1, 0.15) is 34.5 Å².